The number of anilines is 1. The van der Waals surface area contributed by atoms with E-state index in [0.29, 0.717) is 23.4 Å². The number of amides is 1. The molecule has 1 aliphatic carbocycles. The third kappa shape index (κ3) is 4.47. The van der Waals surface area contributed by atoms with Crippen LogP contribution >= 0.6 is 12.4 Å². The molecule has 1 amide bonds. The van der Waals surface area contributed by atoms with E-state index in [2.05, 4.69) is 15.5 Å². The van der Waals surface area contributed by atoms with Gasteiger partial charge in [-0.15, -0.1) is 12.4 Å². The van der Waals surface area contributed by atoms with Gasteiger partial charge in [0.15, 0.2) is 5.82 Å². The van der Waals surface area contributed by atoms with Crippen molar-refractivity contribution in [2.75, 3.05) is 5.73 Å². The van der Waals surface area contributed by atoms with Crippen molar-refractivity contribution in [2.45, 2.75) is 51.5 Å². The molecule has 130 valence electrons. The summed E-state index contributed by atoms with van der Waals surface area (Å²) in [7, 11) is 0. The number of nitrogen functional groups attached to an aromatic ring is 1. The van der Waals surface area contributed by atoms with Gasteiger partial charge < -0.3 is 15.6 Å². The molecule has 1 saturated carbocycles. The van der Waals surface area contributed by atoms with Crippen LogP contribution in [0.2, 0.25) is 0 Å². The highest BCUT2D eigenvalue weighted by atomic mass is 35.5. The number of benzene rings is 1. The Balaban J connectivity index is 0.00000208. The monoisotopic (exact) mass is 350 g/mol. The summed E-state index contributed by atoms with van der Waals surface area (Å²) >= 11 is 0. The first kappa shape index (κ1) is 18.3. The van der Waals surface area contributed by atoms with Crippen molar-refractivity contribution >= 4 is 24.0 Å². The molecular formula is C17H23ClN4O2. The Morgan fingerprint density at radius 1 is 1.33 bits per heavy atom. The molecule has 1 heterocycles. The van der Waals surface area contributed by atoms with Crippen LogP contribution in [0.1, 0.15) is 43.5 Å². The number of hydrogen-bond acceptors (Lipinski definition) is 5. The van der Waals surface area contributed by atoms with Gasteiger partial charge in [-0.05, 0) is 37.5 Å². The van der Waals surface area contributed by atoms with Gasteiger partial charge in [0.05, 0.1) is 6.42 Å². The second-order valence-electron chi connectivity index (χ2n) is 6.17. The Labute approximate surface area is 147 Å². The maximum atomic E-state index is 12.1. The Morgan fingerprint density at radius 3 is 2.83 bits per heavy atom. The molecule has 0 saturated heterocycles. The number of aromatic nitrogens is 2. The van der Waals surface area contributed by atoms with Gasteiger partial charge in [0, 0.05) is 17.3 Å². The summed E-state index contributed by atoms with van der Waals surface area (Å²) in [5.41, 5.74) is 8.24. The van der Waals surface area contributed by atoms with Crippen molar-refractivity contribution < 1.29 is 9.32 Å². The average molecular weight is 351 g/mol. The van der Waals surface area contributed by atoms with E-state index in [0.717, 1.165) is 24.0 Å². The summed E-state index contributed by atoms with van der Waals surface area (Å²) in [5.74, 6) is 0.749. The highest BCUT2D eigenvalue weighted by molar-refractivity contribution is 5.85. The normalized spacial score (nSPS) is 14.9. The molecule has 0 radical (unpaired) electrons. The first-order valence-corrected chi connectivity index (χ1v) is 8.10. The van der Waals surface area contributed by atoms with Crippen LogP contribution in [0.3, 0.4) is 0 Å². The molecule has 24 heavy (non-hydrogen) atoms. The maximum absolute atomic E-state index is 12.1. The van der Waals surface area contributed by atoms with Gasteiger partial charge in [-0.2, -0.15) is 4.98 Å². The van der Waals surface area contributed by atoms with Crippen LogP contribution in [0.25, 0.3) is 11.5 Å². The van der Waals surface area contributed by atoms with E-state index in [1.54, 1.807) is 6.07 Å². The molecule has 1 aromatic heterocycles. The highest BCUT2D eigenvalue weighted by Gasteiger charge is 2.18. The number of halogens is 1. The van der Waals surface area contributed by atoms with Crippen LogP contribution in [0.4, 0.5) is 5.69 Å². The molecule has 0 unspecified atom stereocenters. The van der Waals surface area contributed by atoms with Gasteiger partial charge in [0.1, 0.15) is 0 Å². The quantitative estimate of drug-likeness (QED) is 0.826. The van der Waals surface area contributed by atoms with Gasteiger partial charge >= 0.3 is 0 Å². The molecule has 1 aliphatic rings. The van der Waals surface area contributed by atoms with Crippen molar-refractivity contribution in [3.63, 3.8) is 0 Å². The molecule has 3 rings (SSSR count). The largest absolute Gasteiger partial charge is 0.399 e. The molecule has 1 aromatic carbocycles. The first-order valence-electron chi connectivity index (χ1n) is 8.10. The Bertz CT molecular complexity index is 696. The molecule has 2 aromatic rings. The lowest BCUT2D eigenvalue weighted by molar-refractivity contribution is -0.121. The minimum Gasteiger partial charge on any atom is -0.399 e. The van der Waals surface area contributed by atoms with E-state index in [4.69, 9.17) is 10.3 Å². The average Bonchev–Trinajstić information content (AvgIpc) is 2.98. The maximum Gasteiger partial charge on any atom is 0.258 e. The highest BCUT2D eigenvalue weighted by Crippen LogP contribution is 2.24. The zero-order valence-electron chi connectivity index (χ0n) is 13.7. The SMILES string of the molecule is Cc1ccc(N)cc1-c1nc(CC(=O)NC2CCCCC2)no1.Cl. The molecule has 1 fully saturated rings. The first-order chi connectivity index (χ1) is 11.1. The summed E-state index contributed by atoms with van der Waals surface area (Å²) in [4.78, 5) is 16.4. The summed E-state index contributed by atoms with van der Waals surface area (Å²) in [5, 5.41) is 6.96. The summed E-state index contributed by atoms with van der Waals surface area (Å²) in [6.45, 7) is 1.95. The van der Waals surface area contributed by atoms with E-state index >= 15 is 0 Å². The van der Waals surface area contributed by atoms with E-state index in [1.807, 2.05) is 19.1 Å². The van der Waals surface area contributed by atoms with Crippen LogP contribution in [0.15, 0.2) is 22.7 Å². The molecule has 0 spiro atoms. The predicted octanol–water partition coefficient (Wildman–Crippen LogP) is 3.04. The van der Waals surface area contributed by atoms with E-state index in [9.17, 15) is 4.79 Å². The minimum atomic E-state index is -0.0476. The van der Waals surface area contributed by atoms with Crippen LogP contribution in [-0.2, 0) is 11.2 Å². The fraction of sp³-hybridized carbons (Fsp3) is 0.471. The number of hydrogen-bond donors (Lipinski definition) is 2. The van der Waals surface area contributed by atoms with E-state index in [1.165, 1.54) is 19.3 Å². The van der Waals surface area contributed by atoms with Crippen LogP contribution in [0, 0.1) is 6.92 Å². The zero-order chi connectivity index (χ0) is 16.2. The summed E-state index contributed by atoms with van der Waals surface area (Å²) < 4.78 is 5.28. The van der Waals surface area contributed by atoms with Crippen LogP contribution < -0.4 is 11.1 Å². The van der Waals surface area contributed by atoms with Crippen LogP contribution in [0.5, 0.6) is 0 Å². The number of nitrogens with one attached hydrogen (secondary N) is 1. The molecule has 0 bridgehead atoms. The van der Waals surface area contributed by atoms with Crippen molar-refractivity contribution in [3.05, 3.63) is 29.6 Å². The van der Waals surface area contributed by atoms with E-state index in [-0.39, 0.29) is 24.7 Å². The van der Waals surface area contributed by atoms with Gasteiger partial charge in [-0.25, -0.2) is 0 Å². The smallest absolute Gasteiger partial charge is 0.258 e. The molecule has 7 heteroatoms. The Hall–Kier alpha value is -2.08. The number of rotatable bonds is 4. The van der Waals surface area contributed by atoms with Gasteiger partial charge in [0.2, 0.25) is 5.91 Å². The Kier molecular flexibility index (Phi) is 6.20. The fourth-order valence-corrected chi connectivity index (χ4v) is 2.97. The molecule has 6 nitrogen and oxygen atoms in total. The lowest BCUT2D eigenvalue weighted by Crippen LogP contribution is -2.37. The van der Waals surface area contributed by atoms with Gasteiger partial charge in [-0.1, -0.05) is 30.5 Å². The van der Waals surface area contributed by atoms with Gasteiger partial charge in [0.25, 0.3) is 5.89 Å². The third-order valence-corrected chi connectivity index (χ3v) is 4.25. The van der Waals surface area contributed by atoms with Crippen molar-refractivity contribution in [2.24, 2.45) is 0 Å². The number of aryl methyl sites for hydroxylation is 1. The second-order valence-corrected chi connectivity index (χ2v) is 6.17. The number of nitrogens with two attached hydrogens (primary N) is 1. The minimum absolute atomic E-state index is 0. The van der Waals surface area contributed by atoms with Crippen molar-refractivity contribution in [1.29, 1.82) is 0 Å². The second kappa shape index (κ2) is 8.15. The molecular weight excluding hydrogens is 328 g/mol. The third-order valence-electron chi connectivity index (χ3n) is 4.25. The molecule has 0 atom stereocenters. The predicted molar refractivity (Wildman–Crippen MR) is 94.9 cm³/mol. The molecule has 3 N–H and O–H groups in total. The van der Waals surface area contributed by atoms with Gasteiger partial charge in [-0.3, -0.25) is 4.79 Å². The number of nitrogens with zero attached hydrogens (tertiary/aromatic N) is 2. The van der Waals surface area contributed by atoms with E-state index < -0.39 is 0 Å². The Morgan fingerprint density at radius 2 is 2.08 bits per heavy atom. The van der Waals surface area contributed by atoms with Crippen molar-refractivity contribution in [3.8, 4) is 11.5 Å². The topological polar surface area (TPSA) is 94.0 Å². The number of carbonyl (C=O) groups is 1. The standard InChI is InChI=1S/C17H22N4O2.ClH/c1-11-7-8-12(18)9-14(11)17-20-15(21-23-17)10-16(22)19-13-5-3-2-4-6-13;/h7-9,13H,2-6,10,18H2,1H3,(H,19,22);1H. The summed E-state index contributed by atoms with van der Waals surface area (Å²) in [6, 6.07) is 5.83. The van der Waals surface area contributed by atoms with Crippen LogP contribution in [-0.4, -0.2) is 22.1 Å². The number of carbonyl (C=O) groups excluding carboxylic acids is 1. The summed E-state index contributed by atoms with van der Waals surface area (Å²) in [6.07, 6.45) is 5.90. The lowest BCUT2D eigenvalue weighted by atomic mass is 9.95. The fourth-order valence-electron chi connectivity index (χ4n) is 2.97. The van der Waals surface area contributed by atoms with Crippen molar-refractivity contribution in [1.82, 2.24) is 15.5 Å². The lowest BCUT2D eigenvalue weighted by Gasteiger charge is -2.22. The zero-order valence-corrected chi connectivity index (χ0v) is 14.6. The molecule has 0 aliphatic heterocycles.